The van der Waals surface area contributed by atoms with Crippen molar-refractivity contribution in [3.63, 3.8) is 0 Å². The Balaban J connectivity index is 1.56. The van der Waals surface area contributed by atoms with E-state index in [4.69, 9.17) is 0 Å². The fourth-order valence-electron chi connectivity index (χ4n) is 2.84. The number of benzene rings is 1. The summed E-state index contributed by atoms with van der Waals surface area (Å²) in [6.45, 7) is 3.13. The fourth-order valence-corrected chi connectivity index (χ4v) is 3.29. The predicted molar refractivity (Wildman–Crippen MR) is 97.8 cm³/mol. The van der Waals surface area contributed by atoms with Gasteiger partial charge in [0.25, 0.3) is 0 Å². The monoisotopic (exact) mass is 375 g/mol. The smallest absolute Gasteiger partial charge is 0.226 e. The molecule has 0 bridgehead atoms. The van der Waals surface area contributed by atoms with E-state index in [9.17, 15) is 0 Å². The van der Waals surface area contributed by atoms with E-state index in [0.717, 1.165) is 42.3 Å². The van der Waals surface area contributed by atoms with Crippen molar-refractivity contribution in [2.45, 2.75) is 19.0 Å². The van der Waals surface area contributed by atoms with Gasteiger partial charge in [-0.2, -0.15) is 4.98 Å². The van der Waals surface area contributed by atoms with E-state index in [1.807, 2.05) is 25.1 Å². The predicted octanol–water partition coefficient (Wildman–Crippen LogP) is 2.99. The van der Waals surface area contributed by atoms with E-state index in [-0.39, 0.29) is 0 Å². The van der Waals surface area contributed by atoms with Crippen LogP contribution in [0.25, 0.3) is 0 Å². The largest absolute Gasteiger partial charge is 0.366 e. The molecule has 0 amide bonds. The Kier molecular flexibility index (Phi) is 5.13. The van der Waals surface area contributed by atoms with Gasteiger partial charge >= 0.3 is 0 Å². The van der Waals surface area contributed by atoms with Crippen molar-refractivity contribution in [1.29, 1.82) is 0 Å². The molecule has 0 spiro atoms. The Labute approximate surface area is 145 Å². The summed E-state index contributed by atoms with van der Waals surface area (Å²) in [6.07, 6.45) is 2.94. The number of nitrogens with one attached hydrogen (secondary N) is 1. The van der Waals surface area contributed by atoms with Gasteiger partial charge in [-0.1, -0.05) is 28.1 Å². The molecule has 1 saturated heterocycles. The maximum absolute atomic E-state index is 4.54. The zero-order valence-electron chi connectivity index (χ0n) is 13.5. The normalized spacial score (nSPS) is 18.1. The van der Waals surface area contributed by atoms with E-state index in [1.165, 1.54) is 5.56 Å². The Bertz CT molecular complexity index is 661. The molecule has 122 valence electrons. The molecule has 0 saturated carbocycles. The number of hydrogen-bond donors (Lipinski definition) is 1. The first-order valence-corrected chi connectivity index (χ1v) is 8.63. The average Bonchev–Trinajstić information content (AvgIpc) is 2.94. The van der Waals surface area contributed by atoms with Crippen molar-refractivity contribution in [3.8, 4) is 0 Å². The minimum Gasteiger partial charge on any atom is -0.366 e. The highest BCUT2D eigenvalue weighted by Crippen LogP contribution is 2.19. The molecule has 0 radical (unpaired) electrons. The van der Waals surface area contributed by atoms with Crippen LogP contribution in [0.5, 0.6) is 0 Å². The highest BCUT2D eigenvalue weighted by Gasteiger charge is 2.22. The summed E-state index contributed by atoms with van der Waals surface area (Å²) in [5, 5.41) is 3.53. The van der Waals surface area contributed by atoms with E-state index < -0.39 is 0 Å². The Morgan fingerprint density at radius 3 is 3.00 bits per heavy atom. The number of likely N-dealkylation sites (tertiary alicyclic amines) is 1. The van der Waals surface area contributed by atoms with Crippen molar-refractivity contribution in [1.82, 2.24) is 14.9 Å². The van der Waals surface area contributed by atoms with E-state index in [2.05, 4.69) is 60.4 Å². The summed E-state index contributed by atoms with van der Waals surface area (Å²) in [6, 6.07) is 10.9. The molecule has 1 aromatic carbocycles. The minimum atomic E-state index is 0.437. The Hall–Kier alpha value is -1.66. The van der Waals surface area contributed by atoms with Crippen LogP contribution in [0.3, 0.4) is 0 Å². The van der Waals surface area contributed by atoms with E-state index in [0.29, 0.717) is 6.04 Å². The second kappa shape index (κ2) is 7.27. The number of anilines is 2. The molecular formula is C17H22BrN5. The number of rotatable bonds is 5. The van der Waals surface area contributed by atoms with Crippen LogP contribution in [-0.4, -0.2) is 48.1 Å². The van der Waals surface area contributed by atoms with Crippen molar-refractivity contribution in [2.24, 2.45) is 0 Å². The summed E-state index contributed by atoms with van der Waals surface area (Å²) in [7, 11) is 3.91. The third-order valence-electron chi connectivity index (χ3n) is 3.96. The topological polar surface area (TPSA) is 44.3 Å². The summed E-state index contributed by atoms with van der Waals surface area (Å²) >= 11 is 3.54. The second-order valence-electron chi connectivity index (χ2n) is 6.13. The Morgan fingerprint density at radius 2 is 2.22 bits per heavy atom. The van der Waals surface area contributed by atoms with Crippen LogP contribution in [0.15, 0.2) is 41.0 Å². The Morgan fingerprint density at radius 1 is 1.35 bits per heavy atom. The average molecular weight is 376 g/mol. The zero-order chi connectivity index (χ0) is 16.2. The molecule has 0 aliphatic carbocycles. The number of aromatic nitrogens is 2. The standard InChI is InChI=1S/C17H22BrN5/c1-22(2)17-19-8-6-16(21-17)20-15-7-9-23(12-15)11-13-4-3-5-14(18)10-13/h3-6,8,10,15H,7,9,11-12H2,1-2H3,(H,19,20,21). The van der Waals surface area contributed by atoms with Crippen LogP contribution in [0.1, 0.15) is 12.0 Å². The third kappa shape index (κ3) is 4.42. The quantitative estimate of drug-likeness (QED) is 0.869. The molecular weight excluding hydrogens is 354 g/mol. The van der Waals surface area contributed by atoms with Gasteiger partial charge in [-0.05, 0) is 30.2 Å². The van der Waals surface area contributed by atoms with Crippen LogP contribution in [0.2, 0.25) is 0 Å². The van der Waals surface area contributed by atoms with Gasteiger partial charge in [0, 0.05) is 50.4 Å². The fraction of sp³-hybridized carbons (Fsp3) is 0.412. The zero-order valence-corrected chi connectivity index (χ0v) is 15.1. The lowest BCUT2D eigenvalue weighted by Crippen LogP contribution is -2.26. The highest BCUT2D eigenvalue weighted by atomic mass is 79.9. The van der Waals surface area contributed by atoms with Crippen molar-refractivity contribution in [3.05, 3.63) is 46.6 Å². The molecule has 5 nitrogen and oxygen atoms in total. The molecule has 2 aromatic rings. The summed E-state index contributed by atoms with van der Waals surface area (Å²) in [5.41, 5.74) is 1.34. The third-order valence-corrected chi connectivity index (χ3v) is 4.46. The van der Waals surface area contributed by atoms with Crippen molar-refractivity contribution in [2.75, 3.05) is 37.4 Å². The summed E-state index contributed by atoms with van der Waals surface area (Å²) < 4.78 is 1.14. The first kappa shape index (κ1) is 16.2. The molecule has 1 aliphatic rings. The lowest BCUT2D eigenvalue weighted by Gasteiger charge is -2.18. The van der Waals surface area contributed by atoms with Gasteiger partial charge in [0.05, 0.1) is 0 Å². The molecule has 1 aromatic heterocycles. The van der Waals surface area contributed by atoms with Crippen molar-refractivity contribution < 1.29 is 0 Å². The van der Waals surface area contributed by atoms with Gasteiger partial charge in [-0.3, -0.25) is 4.90 Å². The molecule has 2 heterocycles. The second-order valence-corrected chi connectivity index (χ2v) is 7.05. The van der Waals surface area contributed by atoms with E-state index >= 15 is 0 Å². The van der Waals surface area contributed by atoms with Gasteiger partial charge in [0.15, 0.2) is 0 Å². The van der Waals surface area contributed by atoms with Crippen LogP contribution in [0.4, 0.5) is 11.8 Å². The molecule has 1 N–H and O–H groups in total. The lowest BCUT2D eigenvalue weighted by atomic mass is 10.2. The lowest BCUT2D eigenvalue weighted by molar-refractivity contribution is 0.328. The number of halogens is 1. The van der Waals surface area contributed by atoms with Crippen molar-refractivity contribution >= 4 is 27.7 Å². The number of hydrogen-bond acceptors (Lipinski definition) is 5. The maximum atomic E-state index is 4.54. The minimum absolute atomic E-state index is 0.437. The first-order chi connectivity index (χ1) is 11.1. The van der Waals surface area contributed by atoms with Gasteiger partial charge in [0.2, 0.25) is 5.95 Å². The highest BCUT2D eigenvalue weighted by molar-refractivity contribution is 9.10. The molecule has 1 unspecified atom stereocenters. The molecule has 3 rings (SSSR count). The summed E-state index contributed by atoms with van der Waals surface area (Å²) in [5.74, 6) is 1.64. The van der Waals surface area contributed by atoms with Crippen LogP contribution in [-0.2, 0) is 6.54 Å². The molecule has 6 heteroatoms. The van der Waals surface area contributed by atoms with Gasteiger partial charge in [-0.15, -0.1) is 0 Å². The van der Waals surface area contributed by atoms with E-state index in [1.54, 1.807) is 6.20 Å². The summed E-state index contributed by atoms with van der Waals surface area (Å²) in [4.78, 5) is 13.2. The number of nitrogens with zero attached hydrogens (tertiary/aromatic N) is 4. The molecule has 1 aliphatic heterocycles. The molecule has 1 atom stereocenters. The van der Waals surface area contributed by atoms with Gasteiger partial charge in [0.1, 0.15) is 5.82 Å². The van der Waals surface area contributed by atoms with Gasteiger partial charge < -0.3 is 10.2 Å². The molecule has 1 fully saturated rings. The molecule has 23 heavy (non-hydrogen) atoms. The SMILES string of the molecule is CN(C)c1nccc(NC2CCN(Cc3cccc(Br)c3)C2)n1. The van der Waals surface area contributed by atoms with Crippen LogP contribution >= 0.6 is 15.9 Å². The van der Waals surface area contributed by atoms with Crippen LogP contribution < -0.4 is 10.2 Å². The first-order valence-electron chi connectivity index (χ1n) is 7.84. The van der Waals surface area contributed by atoms with Gasteiger partial charge in [-0.25, -0.2) is 4.98 Å². The maximum Gasteiger partial charge on any atom is 0.226 e. The van der Waals surface area contributed by atoms with Crippen LogP contribution in [0, 0.1) is 0 Å².